The fourth-order valence-corrected chi connectivity index (χ4v) is 7.45. The highest BCUT2D eigenvalue weighted by molar-refractivity contribution is 7.89. The van der Waals surface area contributed by atoms with Crippen LogP contribution >= 0.6 is 0 Å². The standard InChI is InChI=1S/C37H37F3N2O7S/c1-25-10-17-32(18-11-25)50(47,48)41(22-27-6-5-9-31(20-27)49-37(38,39)40)24-35(44)42(30-16-19-33(36(45)46)34(43)21-30)23-26-12-14-29(15-13-26)28-7-3-2-4-8-28/h5-6,9-21,28,43H,2-4,7-8,22-24H2,1H3,(H,45,46). The molecule has 1 aliphatic rings. The van der Waals surface area contributed by atoms with E-state index >= 15 is 0 Å². The first kappa shape index (κ1) is 36.4. The third-order valence-electron chi connectivity index (χ3n) is 8.68. The van der Waals surface area contributed by atoms with Crippen LogP contribution in [-0.4, -0.2) is 47.7 Å². The number of ether oxygens (including phenoxy) is 1. The zero-order valence-corrected chi connectivity index (χ0v) is 28.1. The Bertz CT molecular complexity index is 1930. The Balaban J connectivity index is 1.50. The molecule has 13 heteroatoms. The number of rotatable bonds is 12. The lowest BCUT2D eigenvalue weighted by Crippen LogP contribution is -2.42. The minimum Gasteiger partial charge on any atom is -0.507 e. The van der Waals surface area contributed by atoms with Gasteiger partial charge in [0, 0.05) is 18.3 Å². The molecule has 0 atom stereocenters. The van der Waals surface area contributed by atoms with Gasteiger partial charge in [0.15, 0.2) is 0 Å². The van der Waals surface area contributed by atoms with Crippen molar-refractivity contribution in [2.24, 2.45) is 0 Å². The van der Waals surface area contributed by atoms with Gasteiger partial charge in [-0.2, -0.15) is 4.31 Å². The molecule has 0 heterocycles. The van der Waals surface area contributed by atoms with Crippen LogP contribution < -0.4 is 9.64 Å². The summed E-state index contributed by atoms with van der Waals surface area (Å²) in [5, 5.41) is 19.9. The average Bonchev–Trinajstić information content (AvgIpc) is 3.07. The lowest BCUT2D eigenvalue weighted by molar-refractivity contribution is -0.274. The summed E-state index contributed by atoms with van der Waals surface area (Å²) in [6, 6.07) is 22.1. The highest BCUT2D eigenvalue weighted by Gasteiger charge is 2.33. The molecule has 1 aliphatic carbocycles. The largest absolute Gasteiger partial charge is 0.573 e. The molecule has 0 radical (unpaired) electrons. The van der Waals surface area contributed by atoms with Gasteiger partial charge >= 0.3 is 12.3 Å². The van der Waals surface area contributed by atoms with Crippen molar-refractivity contribution < 1.29 is 46.1 Å². The van der Waals surface area contributed by atoms with Crippen LogP contribution in [0.25, 0.3) is 0 Å². The van der Waals surface area contributed by atoms with Gasteiger partial charge in [-0.25, -0.2) is 13.2 Å². The van der Waals surface area contributed by atoms with Crippen molar-refractivity contribution in [1.82, 2.24) is 4.31 Å². The molecule has 5 rings (SSSR count). The number of hydrogen-bond donors (Lipinski definition) is 2. The van der Waals surface area contributed by atoms with E-state index < -0.39 is 52.9 Å². The Morgan fingerprint density at radius 3 is 2.16 bits per heavy atom. The number of carboxylic acids is 1. The molecule has 4 aromatic carbocycles. The molecule has 0 unspecified atom stereocenters. The number of anilines is 1. The normalized spacial score (nSPS) is 14.0. The molecule has 9 nitrogen and oxygen atoms in total. The smallest absolute Gasteiger partial charge is 0.507 e. The van der Waals surface area contributed by atoms with E-state index in [9.17, 15) is 41.4 Å². The molecule has 0 aromatic heterocycles. The van der Waals surface area contributed by atoms with Gasteiger partial charge in [0.2, 0.25) is 15.9 Å². The van der Waals surface area contributed by atoms with Crippen molar-refractivity contribution in [3.8, 4) is 11.5 Å². The maximum absolute atomic E-state index is 14.2. The monoisotopic (exact) mass is 710 g/mol. The van der Waals surface area contributed by atoms with Gasteiger partial charge in [-0.3, -0.25) is 4.79 Å². The number of aromatic hydroxyl groups is 1. The molecular formula is C37H37F3N2O7S. The number of carboxylic acid groups (broad SMARTS) is 1. The Kier molecular flexibility index (Phi) is 11.2. The average molecular weight is 711 g/mol. The van der Waals surface area contributed by atoms with Gasteiger partial charge in [-0.1, -0.05) is 73.4 Å². The van der Waals surface area contributed by atoms with E-state index in [0.29, 0.717) is 11.5 Å². The molecule has 4 aromatic rings. The number of amides is 1. The second kappa shape index (κ2) is 15.3. The van der Waals surface area contributed by atoms with Crippen molar-refractivity contribution >= 4 is 27.6 Å². The minimum atomic E-state index is -4.97. The number of aryl methyl sites for hydroxylation is 1. The zero-order valence-electron chi connectivity index (χ0n) is 27.3. The predicted octanol–water partition coefficient (Wildman–Crippen LogP) is 7.77. The number of phenols is 1. The number of benzene rings is 4. The summed E-state index contributed by atoms with van der Waals surface area (Å²) in [7, 11) is -4.40. The summed E-state index contributed by atoms with van der Waals surface area (Å²) >= 11 is 0. The molecule has 1 amide bonds. The van der Waals surface area contributed by atoms with E-state index in [1.807, 2.05) is 24.3 Å². The number of carbonyl (C=O) groups excluding carboxylic acids is 1. The first-order valence-electron chi connectivity index (χ1n) is 16.1. The summed E-state index contributed by atoms with van der Waals surface area (Å²) in [5.74, 6) is -2.82. The van der Waals surface area contributed by atoms with E-state index in [2.05, 4.69) is 4.74 Å². The number of alkyl halides is 3. The van der Waals surface area contributed by atoms with Crippen LogP contribution in [0.1, 0.15) is 70.6 Å². The van der Waals surface area contributed by atoms with E-state index in [1.165, 1.54) is 47.2 Å². The predicted molar refractivity (Wildman–Crippen MR) is 180 cm³/mol. The molecule has 0 saturated heterocycles. The molecule has 50 heavy (non-hydrogen) atoms. The molecule has 1 fully saturated rings. The summed E-state index contributed by atoms with van der Waals surface area (Å²) in [4.78, 5) is 26.9. The van der Waals surface area contributed by atoms with Crippen LogP contribution in [0.3, 0.4) is 0 Å². The quantitative estimate of drug-likeness (QED) is 0.154. The second-order valence-electron chi connectivity index (χ2n) is 12.3. The van der Waals surface area contributed by atoms with Crippen molar-refractivity contribution in [2.45, 2.75) is 69.3 Å². The van der Waals surface area contributed by atoms with Crippen LogP contribution in [0.15, 0.2) is 95.9 Å². The molecule has 0 bridgehead atoms. The van der Waals surface area contributed by atoms with Crippen LogP contribution in [0.4, 0.5) is 18.9 Å². The van der Waals surface area contributed by atoms with Crippen LogP contribution in [0, 0.1) is 6.92 Å². The van der Waals surface area contributed by atoms with Gasteiger partial charge in [-0.15, -0.1) is 13.2 Å². The zero-order chi connectivity index (χ0) is 36.1. The number of aromatic carboxylic acids is 1. The molecule has 0 aliphatic heterocycles. The second-order valence-corrected chi connectivity index (χ2v) is 14.3. The summed E-state index contributed by atoms with van der Waals surface area (Å²) < 4.78 is 71.8. The van der Waals surface area contributed by atoms with E-state index in [0.717, 1.165) is 59.8 Å². The van der Waals surface area contributed by atoms with Gasteiger partial charge in [-0.05, 0) is 78.8 Å². The Labute approximate surface area is 288 Å². The highest BCUT2D eigenvalue weighted by Crippen LogP contribution is 2.33. The number of nitrogens with zero attached hydrogens (tertiary/aromatic N) is 2. The Hall–Kier alpha value is -4.88. The van der Waals surface area contributed by atoms with Crippen molar-refractivity contribution in [1.29, 1.82) is 0 Å². The number of carbonyl (C=O) groups is 2. The number of sulfonamides is 1. The summed E-state index contributed by atoms with van der Waals surface area (Å²) in [6.45, 7) is 0.490. The van der Waals surface area contributed by atoms with Crippen LogP contribution in [0.2, 0.25) is 0 Å². The summed E-state index contributed by atoms with van der Waals surface area (Å²) in [6.07, 6.45) is 0.741. The summed E-state index contributed by atoms with van der Waals surface area (Å²) in [5.41, 5.74) is 2.52. The molecule has 1 saturated carbocycles. The maximum Gasteiger partial charge on any atom is 0.573 e. The molecule has 264 valence electrons. The van der Waals surface area contributed by atoms with Crippen molar-refractivity contribution in [3.05, 3.63) is 119 Å². The van der Waals surface area contributed by atoms with Crippen molar-refractivity contribution in [2.75, 3.05) is 11.4 Å². The fraction of sp³-hybridized carbons (Fsp3) is 0.297. The third-order valence-corrected chi connectivity index (χ3v) is 10.5. The molecular weight excluding hydrogens is 673 g/mol. The lowest BCUT2D eigenvalue weighted by Gasteiger charge is -2.28. The first-order chi connectivity index (χ1) is 23.7. The van der Waals surface area contributed by atoms with E-state index in [4.69, 9.17) is 0 Å². The maximum atomic E-state index is 14.2. The van der Waals surface area contributed by atoms with Gasteiger partial charge in [0.05, 0.1) is 18.0 Å². The Morgan fingerprint density at radius 2 is 1.54 bits per heavy atom. The SMILES string of the molecule is Cc1ccc(S(=O)(=O)N(CC(=O)N(Cc2ccc(C3CCCCC3)cc2)c2ccc(C(=O)O)c(O)c2)Cc2cccc(OC(F)(F)F)c2)cc1. The Morgan fingerprint density at radius 1 is 0.860 bits per heavy atom. The molecule has 0 spiro atoms. The topological polar surface area (TPSA) is 124 Å². The van der Waals surface area contributed by atoms with E-state index in [1.54, 1.807) is 19.1 Å². The minimum absolute atomic E-state index is 0.0526. The number of halogens is 3. The van der Waals surface area contributed by atoms with Crippen molar-refractivity contribution in [3.63, 3.8) is 0 Å². The first-order valence-corrected chi connectivity index (χ1v) is 17.5. The van der Waals surface area contributed by atoms with Crippen LogP contribution in [0.5, 0.6) is 11.5 Å². The van der Waals surface area contributed by atoms with E-state index in [-0.39, 0.29) is 28.3 Å². The lowest BCUT2D eigenvalue weighted by atomic mass is 9.84. The van der Waals surface area contributed by atoms with Gasteiger partial charge in [0.25, 0.3) is 0 Å². The van der Waals surface area contributed by atoms with Gasteiger partial charge in [0.1, 0.15) is 17.1 Å². The molecule has 2 N–H and O–H groups in total. The fourth-order valence-electron chi connectivity index (χ4n) is 6.07. The van der Waals surface area contributed by atoms with Gasteiger partial charge < -0.3 is 19.8 Å². The highest BCUT2D eigenvalue weighted by atomic mass is 32.2. The third kappa shape index (κ3) is 9.21. The van der Waals surface area contributed by atoms with Crippen LogP contribution in [-0.2, 0) is 27.9 Å². The number of hydrogen-bond acceptors (Lipinski definition) is 6.